The standard InChI is InChI=1S/C7H9BS/c1-6(8)4-7-2-3-9-5-7/h2-3,5-6H,4H2,1H3. The lowest BCUT2D eigenvalue weighted by molar-refractivity contribution is 0.920. The molecule has 2 heteroatoms. The SMILES string of the molecule is [B]C(C)Cc1ccsc1. The van der Waals surface area contributed by atoms with E-state index in [1.807, 2.05) is 6.92 Å². The van der Waals surface area contributed by atoms with Crippen molar-refractivity contribution in [2.45, 2.75) is 19.2 Å². The fraction of sp³-hybridized carbons (Fsp3) is 0.429. The molecule has 0 bridgehead atoms. The lowest BCUT2D eigenvalue weighted by Gasteiger charge is -1.99. The van der Waals surface area contributed by atoms with Gasteiger partial charge in [0.15, 0.2) is 0 Å². The van der Waals surface area contributed by atoms with E-state index in [0.29, 0.717) is 5.82 Å². The van der Waals surface area contributed by atoms with Crippen molar-refractivity contribution in [3.05, 3.63) is 22.4 Å². The van der Waals surface area contributed by atoms with Crippen molar-refractivity contribution in [2.75, 3.05) is 0 Å². The van der Waals surface area contributed by atoms with Crippen LogP contribution in [0.2, 0.25) is 5.82 Å². The molecule has 0 aromatic carbocycles. The van der Waals surface area contributed by atoms with Crippen molar-refractivity contribution in [2.24, 2.45) is 0 Å². The molecule has 0 saturated carbocycles. The molecule has 0 aliphatic heterocycles. The van der Waals surface area contributed by atoms with Crippen LogP contribution >= 0.6 is 11.3 Å². The summed E-state index contributed by atoms with van der Waals surface area (Å²) in [6.07, 6.45) is 1.00. The predicted octanol–water partition coefficient (Wildman–Crippen LogP) is 2.27. The second kappa shape index (κ2) is 3.07. The summed E-state index contributed by atoms with van der Waals surface area (Å²) in [5, 5.41) is 4.22. The molecule has 0 amide bonds. The maximum Gasteiger partial charge on any atom is 0.0700 e. The number of thiophene rings is 1. The Kier molecular flexibility index (Phi) is 2.34. The molecule has 0 saturated heterocycles. The molecule has 46 valence electrons. The molecule has 2 radical (unpaired) electrons. The van der Waals surface area contributed by atoms with Gasteiger partial charge >= 0.3 is 0 Å². The second-order valence-electron chi connectivity index (χ2n) is 2.31. The van der Waals surface area contributed by atoms with E-state index < -0.39 is 0 Å². The molecule has 1 rings (SSSR count). The zero-order chi connectivity index (χ0) is 6.69. The lowest BCUT2D eigenvalue weighted by Crippen LogP contribution is -1.88. The fourth-order valence-corrected chi connectivity index (χ4v) is 1.46. The van der Waals surface area contributed by atoms with E-state index in [0.717, 1.165) is 6.42 Å². The largest absolute Gasteiger partial charge is 0.152 e. The molecule has 9 heavy (non-hydrogen) atoms. The van der Waals surface area contributed by atoms with E-state index in [9.17, 15) is 0 Å². The van der Waals surface area contributed by atoms with Crippen molar-refractivity contribution in [1.82, 2.24) is 0 Å². The Bertz CT molecular complexity index is 155. The Hall–Kier alpha value is -0.235. The van der Waals surface area contributed by atoms with E-state index >= 15 is 0 Å². The monoisotopic (exact) mass is 136 g/mol. The minimum atomic E-state index is 0.291. The molecular formula is C7H9BS. The first kappa shape index (κ1) is 6.88. The Morgan fingerprint density at radius 2 is 2.56 bits per heavy atom. The fourth-order valence-electron chi connectivity index (χ4n) is 0.781. The summed E-state index contributed by atoms with van der Waals surface area (Å²) in [7, 11) is 5.59. The molecule has 0 spiro atoms. The van der Waals surface area contributed by atoms with E-state index in [-0.39, 0.29) is 0 Å². The first-order valence-corrected chi connectivity index (χ1v) is 4.00. The van der Waals surface area contributed by atoms with E-state index in [1.54, 1.807) is 11.3 Å². The zero-order valence-corrected chi connectivity index (χ0v) is 6.32. The van der Waals surface area contributed by atoms with Crippen LogP contribution in [-0.2, 0) is 6.42 Å². The number of hydrogen-bond acceptors (Lipinski definition) is 1. The molecule has 1 aromatic rings. The maximum absolute atomic E-state index is 5.59. The van der Waals surface area contributed by atoms with Gasteiger partial charge in [-0.25, -0.2) is 0 Å². The molecule has 1 unspecified atom stereocenters. The first-order chi connectivity index (χ1) is 4.29. The van der Waals surface area contributed by atoms with Crippen molar-refractivity contribution in [3.8, 4) is 0 Å². The van der Waals surface area contributed by atoms with Crippen LogP contribution in [-0.4, -0.2) is 7.85 Å². The lowest BCUT2D eigenvalue weighted by atomic mass is 9.85. The summed E-state index contributed by atoms with van der Waals surface area (Å²) in [6.45, 7) is 2.03. The summed E-state index contributed by atoms with van der Waals surface area (Å²) in [4.78, 5) is 0. The predicted molar refractivity (Wildman–Crippen MR) is 43.2 cm³/mol. The third-order valence-corrected chi connectivity index (χ3v) is 1.87. The Morgan fingerprint density at radius 3 is 3.00 bits per heavy atom. The topological polar surface area (TPSA) is 0 Å². The summed E-state index contributed by atoms with van der Waals surface area (Å²) in [5.41, 5.74) is 1.36. The summed E-state index contributed by atoms with van der Waals surface area (Å²) >= 11 is 1.73. The van der Waals surface area contributed by atoms with Crippen LogP contribution in [0.4, 0.5) is 0 Å². The van der Waals surface area contributed by atoms with Crippen LogP contribution in [0.5, 0.6) is 0 Å². The first-order valence-electron chi connectivity index (χ1n) is 3.05. The minimum Gasteiger partial charge on any atom is -0.152 e. The molecule has 0 nitrogen and oxygen atoms in total. The van der Waals surface area contributed by atoms with Crippen LogP contribution in [0.25, 0.3) is 0 Å². The average Bonchev–Trinajstić information content (AvgIpc) is 2.15. The van der Waals surface area contributed by atoms with Gasteiger partial charge in [-0.3, -0.25) is 0 Å². The van der Waals surface area contributed by atoms with Crippen LogP contribution in [0.1, 0.15) is 12.5 Å². The van der Waals surface area contributed by atoms with Crippen LogP contribution in [0, 0.1) is 0 Å². The second-order valence-corrected chi connectivity index (χ2v) is 3.09. The highest BCUT2D eigenvalue weighted by atomic mass is 32.1. The Morgan fingerprint density at radius 1 is 1.78 bits per heavy atom. The zero-order valence-electron chi connectivity index (χ0n) is 5.50. The van der Waals surface area contributed by atoms with Gasteiger partial charge in [-0.15, -0.1) is 0 Å². The van der Waals surface area contributed by atoms with E-state index in [4.69, 9.17) is 7.85 Å². The molecule has 0 N–H and O–H groups in total. The van der Waals surface area contributed by atoms with Crippen molar-refractivity contribution in [1.29, 1.82) is 0 Å². The molecule has 0 aliphatic rings. The van der Waals surface area contributed by atoms with Gasteiger partial charge in [0.25, 0.3) is 0 Å². The van der Waals surface area contributed by atoms with Gasteiger partial charge in [-0.05, 0) is 28.8 Å². The van der Waals surface area contributed by atoms with Gasteiger partial charge in [-0.1, -0.05) is 12.7 Å². The summed E-state index contributed by atoms with van der Waals surface area (Å²) in [6, 6.07) is 2.12. The summed E-state index contributed by atoms with van der Waals surface area (Å²) in [5.74, 6) is 0.291. The van der Waals surface area contributed by atoms with Crippen molar-refractivity contribution >= 4 is 19.2 Å². The Labute approximate surface area is 61.3 Å². The van der Waals surface area contributed by atoms with Gasteiger partial charge < -0.3 is 0 Å². The van der Waals surface area contributed by atoms with Gasteiger partial charge in [-0.2, -0.15) is 11.3 Å². The minimum absolute atomic E-state index is 0.291. The third-order valence-electron chi connectivity index (χ3n) is 1.14. The van der Waals surface area contributed by atoms with Gasteiger partial charge in [0.2, 0.25) is 0 Å². The molecule has 0 fully saturated rings. The van der Waals surface area contributed by atoms with E-state index in [2.05, 4.69) is 16.8 Å². The highest BCUT2D eigenvalue weighted by Gasteiger charge is 1.95. The van der Waals surface area contributed by atoms with Crippen LogP contribution in [0.3, 0.4) is 0 Å². The molecule has 0 aliphatic carbocycles. The molecule has 1 heterocycles. The molecule has 1 atom stereocenters. The maximum atomic E-state index is 5.59. The normalized spacial score (nSPS) is 13.4. The molecular weight excluding hydrogens is 127 g/mol. The van der Waals surface area contributed by atoms with Crippen molar-refractivity contribution in [3.63, 3.8) is 0 Å². The highest BCUT2D eigenvalue weighted by Crippen LogP contribution is 2.12. The Balaban J connectivity index is 2.48. The van der Waals surface area contributed by atoms with Gasteiger partial charge in [0, 0.05) is 0 Å². The third kappa shape index (κ3) is 2.23. The smallest absolute Gasteiger partial charge is 0.0700 e. The number of rotatable bonds is 2. The van der Waals surface area contributed by atoms with Gasteiger partial charge in [0.1, 0.15) is 0 Å². The quantitative estimate of drug-likeness (QED) is 0.547. The highest BCUT2D eigenvalue weighted by molar-refractivity contribution is 7.07. The van der Waals surface area contributed by atoms with E-state index in [1.165, 1.54) is 5.56 Å². The molecule has 1 aromatic heterocycles. The number of hydrogen-bond donors (Lipinski definition) is 0. The summed E-state index contributed by atoms with van der Waals surface area (Å²) < 4.78 is 0. The van der Waals surface area contributed by atoms with Crippen molar-refractivity contribution < 1.29 is 0 Å². The van der Waals surface area contributed by atoms with Gasteiger partial charge in [0.05, 0.1) is 7.85 Å². The van der Waals surface area contributed by atoms with Crippen LogP contribution < -0.4 is 0 Å². The average molecular weight is 136 g/mol. The van der Waals surface area contributed by atoms with Crippen LogP contribution in [0.15, 0.2) is 16.8 Å².